The van der Waals surface area contributed by atoms with Gasteiger partial charge in [0.15, 0.2) is 0 Å². The fourth-order valence-corrected chi connectivity index (χ4v) is 3.71. The SMILES string of the molecule is C=C(C1SC(=S)N(CC)C1=O)N(C(C)=O)c1ccccc1. The smallest absolute Gasteiger partial charge is 0.247 e. The molecule has 2 amide bonds. The Balaban J connectivity index is 2.31. The lowest BCUT2D eigenvalue weighted by Crippen LogP contribution is -2.37. The van der Waals surface area contributed by atoms with E-state index in [4.69, 9.17) is 12.2 Å². The van der Waals surface area contributed by atoms with Crippen LogP contribution in [0.25, 0.3) is 0 Å². The Bertz CT molecular complexity index is 601. The molecule has 1 unspecified atom stereocenters. The molecule has 1 fully saturated rings. The van der Waals surface area contributed by atoms with Crippen LogP contribution in [0.3, 0.4) is 0 Å². The number of thioether (sulfide) groups is 1. The molecule has 0 aromatic heterocycles. The van der Waals surface area contributed by atoms with Crippen molar-refractivity contribution in [3.8, 4) is 0 Å². The van der Waals surface area contributed by atoms with Crippen LogP contribution in [0.5, 0.6) is 0 Å². The van der Waals surface area contributed by atoms with Gasteiger partial charge in [0.05, 0.1) is 0 Å². The Hall–Kier alpha value is -1.66. The van der Waals surface area contributed by atoms with Gasteiger partial charge in [-0.05, 0) is 19.1 Å². The highest BCUT2D eigenvalue weighted by Crippen LogP contribution is 2.34. The zero-order valence-corrected chi connectivity index (χ0v) is 13.5. The zero-order valence-electron chi connectivity index (χ0n) is 11.9. The van der Waals surface area contributed by atoms with Crippen LogP contribution in [0.15, 0.2) is 42.6 Å². The van der Waals surface area contributed by atoms with Gasteiger partial charge in [-0.3, -0.25) is 19.4 Å². The highest BCUT2D eigenvalue weighted by atomic mass is 32.2. The Morgan fingerprint density at radius 2 is 2.05 bits per heavy atom. The largest absolute Gasteiger partial charge is 0.297 e. The molecule has 21 heavy (non-hydrogen) atoms. The number of para-hydroxylation sites is 1. The number of amides is 2. The van der Waals surface area contributed by atoms with Crippen molar-refractivity contribution in [2.24, 2.45) is 0 Å². The van der Waals surface area contributed by atoms with Gasteiger partial charge in [0.1, 0.15) is 9.57 Å². The van der Waals surface area contributed by atoms with E-state index in [0.717, 1.165) is 0 Å². The van der Waals surface area contributed by atoms with E-state index in [-0.39, 0.29) is 11.8 Å². The van der Waals surface area contributed by atoms with Gasteiger partial charge in [-0.25, -0.2) is 0 Å². The van der Waals surface area contributed by atoms with Crippen LogP contribution in [0.1, 0.15) is 13.8 Å². The topological polar surface area (TPSA) is 40.6 Å². The molecule has 0 bridgehead atoms. The third-order valence-electron chi connectivity index (χ3n) is 3.16. The van der Waals surface area contributed by atoms with Crippen molar-refractivity contribution in [2.75, 3.05) is 11.4 Å². The Morgan fingerprint density at radius 1 is 1.43 bits per heavy atom. The summed E-state index contributed by atoms with van der Waals surface area (Å²) in [6.45, 7) is 7.82. The van der Waals surface area contributed by atoms with Crippen molar-refractivity contribution in [3.63, 3.8) is 0 Å². The van der Waals surface area contributed by atoms with Gasteiger partial charge in [0.25, 0.3) is 0 Å². The molecule has 1 aromatic rings. The number of nitrogens with zero attached hydrogens (tertiary/aromatic N) is 2. The summed E-state index contributed by atoms with van der Waals surface area (Å²) in [6, 6.07) is 9.17. The Labute approximate surface area is 133 Å². The Kier molecular flexibility index (Phi) is 4.80. The molecule has 0 spiro atoms. The summed E-state index contributed by atoms with van der Waals surface area (Å²) >= 11 is 6.47. The fourth-order valence-electron chi connectivity index (χ4n) is 2.19. The first-order valence-electron chi connectivity index (χ1n) is 6.54. The van der Waals surface area contributed by atoms with Crippen LogP contribution in [0.2, 0.25) is 0 Å². The van der Waals surface area contributed by atoms with Gasteiger partial charge in [-0.1, -0.05) is 48.8 Å². The molecule has 1 aromatic carbocycles. The third kappa shape index (κ3) is 3.01. The number of rotatable bonds is 4. The molecule has 1 aliphatic rings. The molecule has 6 heteroatoms. The van der Waals surface area contributed by atoms with Crippen LogP contribution in [0.4, 0.5) is 5.69 Å². The van der Waals surface area contributed by atoms with E-state index in [1.54, 1.807) is 4.90 Å². The minimum absolute atomic E-state index is 0.111. The van der Waals surface area contributed by atoms with Crippen molar-refractivity contribution in [2.45, 2.75) is 19.1 Å². The number of benzene rings is 1. The molecule has 0 N–H and O–H groups in total. The first kappa shape index (κ1) is 15.7. The normalized spacial score (nSPS) is 18.0. The summed E-state index contributed by atoms with van der Waals surface area (Å²) in [5.41, 5.74) is 1.14. The van der Waals surface area contributed by atoms with E-state index in [9.17, 15) is 9.59 Å². The van der Waals surface area contributed by atoms with Crippen LogP contribution >= 0.6 is 24.0 Å². The first-order chi connectivity index (χ1) is 9.97. The molecular formula is C15H16N2O2S2. The highest BCUT2D eigenvalue weighted by molar-refractivity contribution is 8.24. The van der Waals surface area contributed by atoms with Gasteiger partial charge in [0, 0.05) is 24.9 Å². The molecule has 1 saturated heterocycles. The molecule has 1 atom stereocenters. The van der Waals surface area contributed by atoms with E-state index in [0.29, 0.717) is 22.2 Å². The van der Waals surface area contributed by atoms with Crippen molar-refractivity contribution in [1.82, 2.24) is 4.90 Å². The molecule has 1 aliphatic heterocycles. The highest BCUT2D eigenvalue weighted by Gasteiger charge is 2.40. The molecule has 0 saturated carbocycles. The molecule has 2 rings (SSSR count). The third-order valence-corrected chi connectivity index (χ3v) is 4.81. The van der Waals surface area contributed by atoms with Crippen molar-refractivity contribution in [3.05, 3.63) is 42.6 Å². The summed E-state index contributed by atoms with van der Waals surface area (Å²) in [5.74, 6) is -0.292. The molecule has 4 nitrogen and oxygen atoms in total. The van der Waals surface area contributed by atoms with E-state index >= 15 is 0 Å². The second kappa shape index (κ2) is 6.41. The van der Waals surface area contributed by atoms with Gasteiger partial charge in [-0.2, -0.15) is 0 Å². The second-order valence-electron chi connectivity index (χ2n) is 4.53. The molecule has 110 valence electrons. The van der Waals surface area contributed by atoms with Crippen LogP contribution in [-0.2, 0) is 9.59 Å². The van der Waals surface area contributed by atoms with E-state index in [1.165, 1.54) is 23.6 Å². The standard InChI is InChI=1S/C15H16N2O2S2/c1-4-16-14(19)13(21-15(16)20)10(2)17(11(3)18)12-8-6-5-7-9-12/h5-9,13H,2,4H2,1,3H3. The van der Waals surface area contributed by atoms with Crippen LogP contribution < -0.4 is 4.90 Å². The predicted octanol–water partition coefficient (Wildman–Crippen LogP) is 2.80. The van der Waals surface area contributed by atoms with Gasteiger partial charge < -0.3 is 0 Å². The summed E-state index contributed by atoms with van der Waals surface area (Å²) in [6.07, 6.45) is 0. The Morgan fingerprint density at radius 3 is 2.52 bits per heavy atom. The fraction of sp³-hybridized carbons (Fsp3) is 0.267. The maximum Gasteiger partial charge on any atom is 0.247 e. The van der Waals surface area contributed by atoms with Crippen molar-refractivity contribution < 1.29 is 9.59 Å². The van der Waals surface area contributed by atoms with E-state index in [1.807, 2.05) is 37.3 Å². The average Bonchev–Trinajstić information content (AvgIpc) is 2.74. The molecule has 0 aliphatic carbocycles. The minimum Gasteiger partial charge on any atom is -0.297 e. The van der Waals surface area contributed by atoms with Gasteiger partial charge >= 0.3 is 0 Å². The monoisotopic (exact) mass is 320 g/mol. The average molecular weight is 320 g/mol. The van der Waals surface area contributed by atoms with Crippen molar-refractivity contribution >= 4 is 45.8 Å². The lowest BCUT2D eigenvalue weighted by atomic mass is 10.2. The summed E-state index contributed by atoms with van der Waals surface area (Å²) in [5, 5.41) is -0.540. The molecule has 0 radical (unpaired) electrons. The van der Waals surface area contributed by atoms with Crippen LogP contribution in [0, 0.1) is 0 Å². The number of hydrogen-bond donors (Lipinski definition) is 0. The number of thiocarbonyl (C=S) groups is 1. The predicted molar refractivity (Wildman–Crippen MR) is 90.1 cm³/mol. The van der Waals surface area contributed by atoms with E-state index < -0.39 is 5.25 Å². The quantitative estimate of drug-likeness (QED) is 0.800. The molecule has 1 heterocycles. The van der Waals surface area contributed by atoms with E-state index in [2.05, 4.69) is 6.58 Å². The second-order valence-corrected chi connectivity index (χ2v) is 6.27. The lowest BCUT2D eigenvalue weighted by molar-refractivity contribution is -0.125. The zero-order chi connectivity index (χ0) is 15.6. The van der Waals surface area contributed by atoms with Gasteiger partial charge in [0.2, 0.25) is 11.8 Å². The van der Waals surface area contributed by atoms with Crippen molar-refractivity contribution in [1.29, 1.82) is 0 Å². The maximum absolute atomic E-state index is 12.4. The maximum atomic E-state index is 12.4. The molecular weight excluding hydrogens is 304 g/mol. The minimum atomic E-state index is -0.540. The summed E-state index contributed by atoms with van der Waals surface area (Å²) in [4.78, 5) is 27.4. The lowest BCUT2D eigenvalue weighted by Gasteiger charge is -2.26. The number of carbonyl (C=O) groups is 2. The van der Waals surface area contributed by atoms with Crippen LogP contribution in [-0.4, -0.2) is 32.8 Å². The summed E-state index contributed by atoms with van der Waals surface area (Å²) < 4.78 is 0.533. The number of carbonyl (C=O) groups excluding carboxylic acids is 2. The summed E-state index contributed by atoms with van der Waals surface area (Å²) in [7, 11) is 0. The number of hydrogen-bond acceptors (Lipinski definition) is 4. The van der Waals surface area contributed by atoms with Gasteiger partial charge in [-0.15, -0.1) is 0 Å². The first-order valence-corrected chi connectivity index (χ1v) is 7.82. The number of anilines is 1.